The molecule has 0 saturated heterocycles. The molecular weight excluding hydrogens is 246 g/mol. The Kier molecular flexibility index (Phi) is 7.38. The van der Waals surface area contributed by atoms with Crippen molar-refractivity contribution in [1.29, 1.82) is 0 Å². The van der Waals surface area contributed by atoms with Crippen molar-refractivity contribution in [3.63, 3.8) is 0 Å². The quantitative estimate of drug-likeness (QED) is 0.368. The Bertz CT molecular complexity index is 396. The maximum Gasteiger partial charge on any atom is 0.193 e. The SMILES string of the molecule is COc1cccc(NC(N)=NCCCOCCO)c1. The van der Waals surface area contributed by atoms with Crippen LogP contribution in [0.1, 0.15) is 6.42 Å². The number of aliphatic hydroxyl groups is 1. The number of nitrogens with two attached hydrogens (primary N) is 1. The van der Waals surface area contributed by atoms with E-state index in [1.165, 1.54) is 0 Å². The molecule has 0 bridgehead atoms. The van der Waals surface area contributed by atoms with Gasteiger partial charge in [-0.3, -0.25) is 4.99 Å². The van der Waals surface area contributed by atoms with E-state index >= 15 is 0 Å². The second-order valence-corrected chi connectivity index (χ2v) is 3.81. The number of aliphatic hydroxyl groups excluding tert-OH is 1. The van der Waals surface area contributed by atoms with Crippen molar-refractivity contribution >= 4 is 11.6 Å². The standard InChI is InChI=1S/C13H21N3O3/c1-18-12-5-2-4-11(10-12)16-13(14)15-6-3-8-19-9-7-17/h2,4-5,10,17H,3,6-9H2,1H3,(H3,14,15,16). The second kappa shape index (κ2) is 9.18. The number of hydrogen-bond acceptors (Lipinski definition) is 4. The van der Waals surface area contributed by atoms with E-state index in [0.717, 1.165) is 17.9 Å². The van der Waals surface area contributed by atoms with E-state index < -0.39 is 0 Å². The number of hydrogen-bond donors (Lipinski definition) is 3. The molecular formula is C13H21N3O3. The number of anilines is 1. The molecule has 4 N–H and O–H groups in total. The fourth-order valence-electron chi connectivity index (χ4n) is 1.42. The molecule has 0 amide bonds. The molecule has 0 aliphatic carbocycles. The monoisotopic (exact) mass is 267 g/mol. The Labute approximate surface area is 113 Å². The summed E-state index contributed by atoms with van der Waals surface area (Å²) in [6, 6.07) is 7.45. The van der Waals surface area contributed by atoms with Crippen LogP contribution < -0.4 is 15.8 Å². The van der Waals surface area contributed by atoms with E-state index in [-0.39, 0.29) is 6.61 Å². The molecule has 0 aromatic heterocycles. The van der Waals surface area contributed by atoms with Crippen LogP contribution in [0.25, 0.3) is 0 Å². The summed E-state index contributed by atoms with van der Waals surface area (Å²) in [5.74, 6) is 1.12. The van der Waals surface area contributed by atoms with Gasteiger partial charge in [0, 0.05) is 24.9 Å². The summed E-state index contributed by atoms with van der Waals surface area (Å²) in [6.45, 7) is 1.55. The average molecular weight is 267 g/mol. The minimum Gasteiger partial charge on any atom is -0.497 e. The van der Waals surface area contributed by atoms with Gasteiger partial charge in [-0.05, 0) is 18.6 Å². The van der Waals surface area contributed by atoms with Gasteiger partial charge in [-0.1, -0.05) is 6.07 Å². The van der Waals surface area contributed by atoms with E-state index in [4.69, 9.17) is 20.3 Å². The van der Waals surface area contributed by atoms with E-state index in [2.05, 4.69) is 10.3 Å². The summed E-state index contributed by atoms with van der Waals surface area (Å²) < 4.78 is 10.2. The van der Waals surface area contributed by atoms with Crippen LogP contribution in [0.15, 0.2) is 29.3 Å². The lowest BCUT2D eigenvalue weighted by Gasteiger charge is -2.07. The zero-order valence-corrected chi connectivity index (χ0v) is 11.1. The third-order valence-electron chi connectivity index (χ3n) is 2.31. The van der Waals surface area contributed by atoms with Gasteiger partial charge in [0.15, 0.2) is 5.96 Å². The van der Waals surface area contributed by atoms with Crippen molar-refractivity contribution < 1.29 is 14.6 Å². The van der Waals surface area contributed by atoms with E-state index in [9.17, 15) is 0 Å². The van der Waals surface area contributed by atoms with Crippen LogP contribution >= 0.6 is 0 Å². The maximum absolute atomic E-state index is 8.53. The highest BCUT2D eigenvalue weighted by Crippen LogP contribution is 2.16. The molecule has 0 aliphatic heterocycles. The predicted octanol–water partition coefficient (Wildman–Crippen LogP) is 0.821. The van der Waals surface area contributed by atoms with E-state index in [1.54, 1.807) is 7.11 Å². The van der Waals surface area contributed by atoms with Crippen molar-refractivity contribution in [2.75, 3.05) is 38.8 Å². The van der Waals surface area contributed by atoms with Gasteiger partial charge in [0.25, 0.3) is 0 Å². The zero-order chi connectivity index (χ0) is 13.9. The molecule has 0 spiro atoms. The van der Waals surface area contributed by atoms with Crippen LogP contribution in [-0.2, 0) is 4.74 Å². The van der Waals surface area contributed by atoms with Gasteiger partial charge in [-0.25, -0.2) is 0 Å². The van der Waals surface area contributed by atoms with Crippen molar-refractivity contribution in [3.05, 3.63) is 24.3 Å². The van der Waals surface area contributed by atoms with Crippen LogP contribution in [0.4, 0.5) is 5.69 Å². The summed E-state index contributed by atoms with van der Waals surface area (Å²) in [7, 11) is 1.61. The molecule has 19 heavy (non-hydrogen) atoms. The third-order valence-corrected chi connectivity index (χ3v) is 2.31. The normalized spacial score (nSPS) is 11.4. The smallest absolute Gasteiger partial charge is 0.193 e. The Morgan fingerprint density at radius 3 is 3.00 bits per heavy atom. The molecule has 6 nitrogen and oxygen atoms in total. The van der Waals surface area contributed by atoms with Gasteiger partial charge in [0.2, 0.25) is 0 Å². The topological polar surface area (TPSA) is 89.1 Å². The van der Waals surface area contributed by atoms with Crippen LogP contribution in [0.5, 0.6) is 5.75 Å². The molecule has 0 unspecified atom stereocenters. The number of ether oxygens (including phenoxy) is 2. The Morgan fingerprint density at radius 2 is 2.26 bits per heavy atom. The van der Waals surface area contributed by atoms with Gasteiger partial charge >= 0.3 is 0 Å². The number of methoxy groups -OCH3 is 1. The molecule has 0 atom stereocenters. The molecule has 1 aromatic rings. The second-order valence-electron chi connectivity index (χ2n) is 3.81. The van der Waals surface area contributed by atoms with Crippen LogP contribution in [0.2, 0.25) is 0 Å². The first kappa shape index (κ1) is 15.3. The van der Waals surface area contributed by atoms with E-state index in [1.807, 2.05) is 24.3 Å². The Hall–Kier alpha value is -1.79. The van der Waals surface area contributed by atoms with Gasteiger partial charge < -0.3 is 25.6 Å². The van der Waals surface area contributed by atoms with Gasteiger partial charge in [-0.15, -0.1) is 0 Å². The molecule has 6 heteroatoms. The molecule has 0 radical (unpaired) electrons. The summed E-state index contributed by atoms with van der Waals surface area (Å²) in [5, 5.41) is 11.5. The van der Waals surface area contributed by atoms with Gasteiger partial charge in [0.05, 0.1) is 20.3 Å². The van der Waals surface area contributed by atoms with Gasteiger partial charge in [0.1, 0.15) is 5.75 Å². The number of guanidine groups is 1. The molecule has 1 rings (SSSR count). The van der Waals surface area contributed by atoms with Crippen molar-refractivity contribution in [2.45, 2.75) is 6.42 Å². The lowest BCUT2D eigenvalue weighted by molar-refractivity contribution is 0.0918. The van der Waals surface area contributed by atoms with Crippen LogP contribution in [0, 0.1) is 0 Å². The largest absolute Gasteiger partial charge is 0.497 e. The number of rotatable bonds is 8. The summed E-state index contributed by atoms with van der Waals surface area (Å²) in [5.41, 5.74) is 6.59. The molecule has 0 heterocycles. The summed E-state index contributed by atoms with van der Waals surface area (Å²) >= 11 is 0. The Balaban J connectivity index is 2.30. The molecule has 0 aliphatic rings. The fourth-order valence-corrected chi connectivity index (χ4v) is 1.42. The Morgan fingerprint density at radius 1 is 1.42 bits per heavy atom. The average Bonchev–Trinajstić information content (AvgIpc) is 2.43. The fraction of sp³-hybridized carbons (Fsp3) is 0.462. The highest BCUT2D eigenvalue weighted by molar-refractivity contribution is 5.92. The third kappa shape index (κ3) is 6.64. The zero-order valence-electron chi connectivity index (χ0n) is 11.1. The highest BCUT2D eigenvalue weighted by atomic mass is 16.5. The first-order valence-electron chi connectivity index (χ1n) is 6.16. The molecule has 0 saturated carbocycles. The van der Waals surface area contributed by atoms with Crippen LogP contribution in [-0.4, -0.2) is 44.5 Å². The lowest BCUT2D eigenvalue weighted by atomic mass is 10.3. The highest BCUT2D eigenvalue weighted by Gasteiger charge is 1.97. The number of benzene rings is 1. The first-order chi connectivity index (χ1) is 9.26. The van der Waals surface area contributed by atoms with Gasteiger partial charge in [-0.2, -0.15) is 0 Å². The minimum atomic E-state index is 0.0444. The van der Waals surface area contributed by atoms with Crippen molar-refractivity contribution in [1.82, 2.24) is 0 Å². The maximum atomic E-state index is 8.53. The number of aliphatic imine (C=N–C) groups is 1. The number of nitrogens with zero attached hydrogens (tertiary/aromatic N) is 1. The molecule has 106 valence electrons. The van der Waals surface area contributed by atoms with Crippen molar-refractivity contribution in [3.8, 4) is 5.75 Å². The summed E-state index contributed by atoms with van der Waals surface area (Å²) in [4.78, 5) is 4.17. The van der Waals surface area contributed by atoms with E-state index in [0.29, 0.717) is 25.7 Å². The predicted molar refractivity (Wildman–Crippen MR) is 75.6 cm³/mol. The van der Waals surface area contributed by atoms with Crippen molar-refractivity contribution in [2.24, 2.45) is 10.7 Å². The minimum absolute atomic E-state index is 0.0444. The number of nitrogens with one attached hydrogen (secondary N) is 1. The van der Waals surface area contributed by atoms with Crippen LogP contribution in [0.3, 0.4) is 0 Å². The first-order valence-corrected chi connectivity index (χ1v) is 6.16. The molecule has 0 fully saturated rings. The lowest BCUT2D eigenvalue weighted by Crippen LogP contribution is -2.23. The molecule has 1 aromatic carbocycles. The summed E-state index contributed by atoms with van der Waals surface area (Å²) in [6.07, 6.45) is 0.764.